The van der Waals surface area contributed by atoms with Crippen LogP contribution in [0.4, 0.5) is 0 Å². The molecule has 2 nitrogen and oxygen atoms in total. The Morgan fingerprint density at radius 3 is 1.76 bits per heavy atom. The van der Waals surface area contributed by atoms with Crippen molar-refractivity contribution < 1.29 is 4.57 Å². The summed E-state index contributed by atoms with van der Waals surface area (Å²) in [5.74, 6) is 1.56. The topological polar surface area (TPSA) is 8.81 Å². The van der Waals surface area contributed by atoms with Gasteiger partial charge < -0.3 is 0 Å². The fourth-order valence-electron chi connectivity index (χ4n) is 5.12. The first-order chi connectivity index (χ1) is 16.8. The zero-order chi connectivity index (χ0) is 24.1. The van der Waals surface area contributed by atoms with E-state index in [0.29, 0.717) is 0 Å². The average molecular weight is 468 g/mol. The van der Waals surface area contributed by atoms with E-state index in [0.717, 1.165) is 6.54 Å². The van der Waals surface area contributed by atoms with Crippen molar-refractivity contribution in [3.05, 3.63) is 54.1 Å². The van der Waals surface area contributed by atoms with Gasteiger partial charge in [0.25, 0.3) is 5.82 Å². The molecule has 0 N–H and O–H groups in total. The molecule has 192 valence electrons. The molecule has 0 aliphatic rings. The number of hydrogen-bond donors (Lipinski definition) is 0. The minimum absolute atomic E-state index is 1.14. The van der Waals surface area contributed by atoms with Gasteiger partial charge in [0.05, 0.1) is 13.1 Å². The van der Waals surface area contributed by atoms with Gasteiger partial charge in [0.15, 0.2) is 0 Å². The van der Waals surface area contributed by atoms with Gasteiger partial charge in [-0.25, -0.2) is 9.13 Å². The normalized spacial score (nSPS) is 11.4. The lowest BCUT2D eigenvalue weighted by Crippen LogP contribution is -2.37. The van der Waals surface area contributed by atoms with E-state index < -0.39 is 0 Å². The molecule has 2 aromatic rings. The third kappa shape index (κ3) is 12.8. The fraction of sp³-hybridized carbons (Fsp3) is 0.719. The van der Waals surface area contributed by atoms with Crippen LogP contribution in [0.25, 0.3) is 0 Å². The number of aromatic nitrogens is 2. The Morgan fingerprint density at radius 1 is 0.588 bits per heavy atom. The number of nitrogens with zero attached hydrogens (tertiary/aromatic N) is 2. The van der Waals surface area contributed by atoms with Gasteiger partial charge in [-0.1, -0.05) is 128 Å². The van der Waals surface area contributed by atoms with Crippen molar-refractivity contribution in [1.29, 1.82) is 0 Å². The highest BCUT2D eigenvalue weighted by molar-refractivity contribution is 5.14. The van der Waals surface area contributed by atoms with Crippen molar-refractivity contribution in [3.8, 4) is 0 Å². The maximum atomic E-state index is 2.55. The molecule has 0 saturated heterocycles. The zero-order valence-electron chi connectivity index (χ0n) is 22.8. The molecule has 0 atom stereocenters. The third-order valence-electron chi connectivity index (χ3n) is 7.30. The molecule has 2 rings (SSSR count). The van der Waals surface area contributed by atoms with E-state index in [9.17, 15) is 0 Å². The summed E-state index contributed by atoms with van der Waals surface area (Å²) in [5.41, 5.74) is 1.46. The summed E-state index contributed by atoms with van der Waals surface area (Å²) in [6, 6.07) is 11.0. The second-order valence-corrected chi connectivity index (χ2v) is 10.4. The van der Waals surface area contributed by atoms with E-state index >= 15 is 0 Å². The van der Waals surface area contributed by atoms with Crippen molar-refractivity contribution in [1.82, 2.24) is 4.57 Å². The molecule has 0 unspecified atom stereocenters. The van der Waals surface area contributed by atoms with Crippen molar-refractivity contribution in [2.75, 3.05) is 0 Å². The molecule has 0 fully saturated rings. The Morgan fingerprint density at radius 2 is 1.15 bits per heavy atom. The lowest BCUT2D eigenvalue weighted by molar-refractivity contribution is -0.704. The average Bonchev–Trinajstić information content (AvgIpc) is 3.24. The lowest BCUT2D eigenvalue weighted by atomic mass is 10.0. The minimum Gasteiger partial charge on any atom is -0.234 e. The first kappa shape index (κ1) is 28.7. The number of aryl methyl sites for hydroxylation is 3. The van der Waals surface area contributed by atoms with Gasteiger partial charge in [0.1, 0.15) is 12.4 Å². The zero-order valence-corrected chi connectivity index (χ0v) is 22.8. The first-order valence-electron chi connectivity index (χ1n) is 15.0. The van der Waals surface area contributed by atoms with Gasteiger partial charge in [-0.05, 0) is 37.7 Å². The van der Waals surface area contributed by atoms with Crippen molar-refractivity contribution >= 4 is 0 Å². The Balaban J connectivity index is 1.64. The van der Waals surface area contributed by atoms with Gasteiger partial charge in [-0.15, -0.1) is 0 Å². The number of unbranched alkanes of at least 4 members (excludes halogenated alkanes) is 14. The Bertz CT molecular complexity index is 703. The van der Waals surface area contributed by atoms with Crippen LogP contribution in [-0.4, -0.2) is 4.57 Å². The molecule has 0 aliphatic carbocycles. The van der Waals surface area contributed by atoms with Crippen LogP contribution < -0.4 is 4.57 Å². The minimum atomic E-state index is 1.14. The second-order valence-electron chi connectivity index (χ2n) is 10.4. The van der Waals surface area contributed by atoms with Crippen LogP contribution in [0.3, 0.4) is 0 Å². The summed E-state index contributed by atoms with van der Waals surface area (Å²) < 4.78 is 5.11. The van der Waals surface area contributed by atoms with E-state index in [1.54, 1.807) is 5.82 Å². The van der Waals surface area contributed by atoms with E-state index in [1.807, 2.05) is 0 Å². The Labute approximate surface area is 212 Å². The fourth-order valence-corrected chi connectivity index (χ4v) is 5.12. The highest BCUT2D eigenvalue weighted by atomic mass is 15.1. The van der Waals surface area contributed by atoms with Crippen LogP contribution in [0.1, 0.15) is 134 Å². The molecular weight excluding hydrogens is 412 g/mol. The summed E-state index contributed by atoms with van der Waals surface area (Å²) in [7, 11) is 0. The van der Waals surface area contributed by atoms with E-state index in [2.05, 4.69) is 65.7 Å². The summed E-state index contributed by atoms with van der Waals surface area (Å²) >= 11 is 0. The lowest BCUT2D eigenvalue weighted by Gasteiger charge is -2.07. The van der Waals surface area contributed by atoms with Crippen molar-refractivity contribution in [3.63, 3.8) is 0 Å². The standard InChI is InChI=1S/C32H55N2/c1-3-5-7-8-9-10-11-12-13-14-15-16-20-26-32-33(27-21-6-4-2)29-30-34(32)28-22-25-31-23-18-17-19-24-31/h17-19,23-24,29-30H,3-16,20-22,25-28H2,1-2H3/q+1. The van der Waals surface area contributed by atoms with E-state index in [1.165, 1.54) is 134 Å². The number of benzene rings is 1. The monoisotopic (exact) mass is 467 g/mol. The van der Waals surface area contributed by atoms with Gasteiger partial charge in [0.2, 0.25) is 0 Å². The van der Waals surface area contributed by atoms with Gasteiger partial charge >= 0.3 is 0 Å². The summed E-state index contributed by atoms with van der Waals surface area (Å²) in [6.45, 7) is 6.93. The Kier molecular flexibility index (Phi) is 16.6. The maximum absolute atomic E-state index is 2.55. The molecule has 0 bridgehead atoms. The smallest absolute Gasteiger partial charge is 0.234 e. The molecule has 0 amide bonds. The van der Waals surface area contributed by atoms with Crippen LogP contribution in [0.2, 0.25) is 0 Å². The van der Waals surface area contributed by atoms with Crippen LogP contribution in [0.15, 0.2) is 42.7 Å². The molecule has 1 aromatic heterocycles. The molecule has 0 aliphatic heterocycles. The third-order valence-corrected chi connectivity index (χ3v) is 7.30. The van der Waals surface area contributed by atoms with E-state index in [-0.39, 0.29) is 0 Å². The highest BCUT2D eigenvalue weighted by Gasteiger charge is 2.16. The maximum Gasteiger partial charge on any atom is 0.256 e. The number of imidazole rings is 1. The van der Waals surface area contributed by atoms with Crippen LogP contribution in [0.5, 0.6) is 0 Å². The molecule has 0 saturated carbocycles. The number of rotatable bonds is 22. The highest BCUT2D eigenvalue weighted by Crippen LogP contribution is 2.14. The SMILES string of the molecule is CCCCCCCCCCCCCCCc1n(CCCCC)cc[n+]1CCCc1ccccc1. The molecular formula is C32H55N2+. The quantitative estimate of drug-likeness (QED) is 0.120. The second kappa shape index (κ2) is 19.7. The first-order valence-corrected chi connectivity index (χ1v) is 15.0. The van der Waals surface area contributed by atoms with Gasteiger partial charge in [-0.3, -0.25) is 0 Å². The molecule has 0 radical (unpaired) electrons. The predicted octanol–water partition coefficient (Wildman–Crippen LogP) is 9.23. The van der Waals surface area contributed by atoms with Crippen molar-refractivity contribution in [2.24, 2.45) is 0 Å². The predicted molar refractivity (Wildman–Crippen MR) is 148 cm³/mol. The molecule has 0 spiro atoms. The van der Waals surface area contributed by atoms with Crippen LogP contribution in [0, 0.1) is 0 Å². The molecule has 1 aromatic carbocycles. The van der Waals surface area contributed by atoms with Crippen LogP contribution in [-0.2, 0) is 25.9 Å². The largest absolute Gasteiger partial charge is 0.256 e. The molecule has 34 heavy (non-hydrogen) atoms. The van der Waals surface area contributed by atoms with Gasteiger partial charge in [0, 0.05) is 6.42 Å². The summed E-state index contributed by atoms with van der Waals surface area (Å²) in [5, 5.41) is 0. The van der Waals surface area contributed by atoms with Crippen LogP contribution >= 0.6 is 0 Å². The molecule has 1 heterocycles. The summed E-state index contributed by atoms with van der Waals surface area (Å²) in [6.07, 6.45) is 30.8. The Hall–Kier alpha value is -1.57. The number of hydrogen-bond acceptors (Lipinski definition) is 0. The summed E-state index contributed by atoms with van der Waals surface area (Å²) in [4.78, 5) is 0. The molecule has 2 heteroatoms. The van der Waals surface area contributed by atoms with Crippen molar-refractivity contribution in [2.45, 2.75) is 149 Å². The van der Waals surface area contributed by atoms with Gasteiger partial charge in [-0.2, -0.15) is 0 Å². The van der Waals surface area contributed by atoms with E-state index in [4.69, 9.17) is 0 Å².